The van der Waals surface area contributed by atoms with E-state index in [-0.39, 0.29) is 32.1 Å². The van der Waals surface area contributed by atoms with E-state index in [2.05, 4.69) is 0 Å². The van der Waals surface area contributed by atoms with Gasteiger partial charge in [0.05, 0.1) is 0 Å². The topological polar surface area (TPSA) is 66.9 Å². The van der Waals surface area contributed by atoms with Gasteiger partial charge < -0.3 is 9.64 Å². The lowest BCUT2D eigenvalue weighted by Gasteiger charge is -2.35. The molecule has 0 aliphatic carbocycles. The molecule has 3 rings (SSSR count). The Hall–Kier alpha value is -2.59. The van der Waals surface area contributed by atoms with Crippen LogP contribution in [0.1, 0.15) is 12.5 Å². The Kier molecular flexibility index (Phi) is 6.37. The van der Waals surface area contributed by atoms with Crippen LogP contribution in [0.15, 0.2) is 41.3 Å². The molecule has 0 spiro atoms. The van der Waals surface area contributed by atoms with Crippen molar-refractivity contribution in [1.29, 1.82) is 0 Å². The van der Waals surface area contributed by atoms with Gasteiger partial charge in [-0.2, -0.15) is 4.31 Å². The number of sulfonamides is 1. The van der Waals surface area contributed by atoms with Crippen LogP contribution < -0.4 is 4.74 Å². The Morgan fingerprint density at radius 1 is 0.967 bits per heavy atom. The van der Waals surface area contributed by atoms with Crippen LogP contribution in [0.4, 0.5) is 13.2 Å². The molecule has 0 aromatic heterocycles. The van der Waals surface area contributed by atoms with Crippen molar-refractivity contribution in [3.8, 4) is 5.75 Å². The summed E-state index contributed by atoms with van der Waals surface area (Å²) >= 11 is 0. The van der Waals surface area contributed by atoms with Crippen molar-refractivity contribution in [2.24, 2.45) is 0 Å². The number of hydrogen-bond donors (Lipinski definition) is 0. The molecular weight excluding hydrogens is 421 g/mol. The Labute approximate surface area is 172 Å². The van der Waals surface area contributed by atoms with Crippen LogP contribution in [0.2, 0.25) is 0 Å². The number of rotatable bonds is 5. The fourth-order valence-corrected chi connectivity index (χ4v) is 4.60. The van der Waals surface area contributed by atoms with Gasteiger partial charge >= 0.3 is 0 Å². The van der Waals surface area contributed by atoms with Gasteiger partial charge in [-0.05, 0) is 38.1 Å². The highest BCUT2D eigenvalue weighted by Crippen LogP contribution is 2.24. The monoisotopic (exact) mass is 442 g/mol. The number of hydrogen-bond acceptors (Lipinski definition) is 4. The zero-order valence-electron chi connectivity index (χ0n) is 16.4. The lowest BCUT2D eigenvalue weighted by atomic mass is 10.2. The summed E-state index contributed by atoms with van der Waals surface area (Å²) in [5.74, 6) is -4.84. The first kappa shape index (κ1) is 22.1. The first-order chi connectivity index (χ1) is 14.1. The zero-order chi connectivity index (χ0) is 22.1. The fraction of sp³-hybridized carbons (Fsp3) is 0.350. The molecule has 10 heteroatoms. The first-order valence-electron chi connectivity index (χ1n) is 9.27. The van der Waals surface area contributed by atoms with Gasteiger partial charge in [-0.15, -0.1) is 0 Å². The van der Waals surface area contributed by atoms with Gasteiger partial charge in [0.15, 0.2) is 23.6 Å². The van der Waals surface area contributed by atoms with Crippen molar-refractivity contribution >= 4 is 15.9 Å². The summed E-state index contributed by atoms with van der Waals surface area (Å²) in [5.41, 5.74) is 1.05. The van der Waals surface area contributed by atoms with Crippen LogP contribution >= 0.6 is 0 Å². The van der Waals surface area contributed by atoms with Gasteiger partial charge in [0, 0.05) is 26.2 Å². The number of nitrogens with zero attached hydrogens (tertiary/aromatic N) is 2. The second-order valence-electron chi connectivity index (χ2n) is 6.98. The fourth-order valence-electron chi connectivity index (χ4n) is 3.12. The quantitative estimate of drug-likeness (QED) is 0.668. The lowest BCUT2D eigenvalue weighted by molar-refractivity contribution is -0.139. The third-order valence-electron chi connectivity index (χ3n) is 4.85. The highest BCUT2D eigenvalue weighted by atomic mass is 32.2. The molecule has 162 valence electrons. The molecule has 0 saturated carbocycles. The van der Waals surface area contributed by atoms with Gasteiger partial charge in [-0.1, -0.05) is 17.7 Å². The minimum Gasteiger partial charge on any atom is -0.481 e. The second-order valence-corrected chi connectivity index (χ2v) is 8.88. The summed E-state index contributed by atoms with van der Waals surface area (Å²) in [7, 11) is -4.37. The normalized spacial score (nSPS) is 16.4. The molecule has 1 amide bonds. The predicted octanol–water partition coefficient (Wildman–Crippen LogP) is 2.71. The molecule has 1 heterocycles. The number of aryl methyl sites for hydroxylation is 1. The van der Waals surface area contributed by atoms with Crippen LogP contribution in [-0.4, -0.2) is 55.8 Å². The van der Waals surface area contributed by atoms with Crippen molar-refractivity contribution in [3.05, 3.63) is 59.4 Å². The Morgan fingerprint density at radius 2 is 1.57 bits per heavy atom. The van der Waals surface area contributed by atoms with Gasteiger partial charge in [0.1, 0.15) is 10.6 Å². The molecule has 2 aromatic rings. The van der Waals surface area contributed by atoms with Gasteiger partial charge in [-0.25, -0.2) is 21.6 Å². The number of ether oxygens (including phenoxy) is 1. The molecule has 1 fully saturated rings. The molecule has 30 heavy (non-hydrogen) atoms. The highest BCUT2D eigenvalue weighted by molar-refractivity contribution is 7.89. The van der Waals surface area contributed by atoms with E-state index in [0.29, 0.717) is 17.9 Å². The lowest BCUT2D eigenvalue weighted by Crippen LogP contribution is -2.53. The molecule has 6 nitrogen and oxygen atoms in total. The highest BCUT2D eigenvalue weighted by Gasteiger charge is 2.34. The van der Waals surface area contributed by atoms with Crippen molar-refractivity contribution in [3.63, 3.8) is 0 Å². The maximum absolute atomic E-state index is 14.0. The third-order valence-corrected chi connectivity index (χ3v) is 6.77. The number of halogens is 3. The van der Waals surface area contributed by atoms with Crippen LogP contribution in [0.3, 0.4) is 0 Å². The number of carbonyl (C=O) groups excluding carboxylic acids is 1. The van der Waals surface area contributed by atoms with Gasteiger partial charge in [-0.3, -0.25) is 4.79 Å². The molecule has 1 atom stereocenters. The Morgan fingerprint density at radius 3 is 2.17 bits per heavy atom. The van der Waals surface area contributed by atoms with Crippen molar-refractivity contribution < 1.29 is 31.1 Å². The maximum atomic E-state index is 14.0. The Bertz CT molecular complexity index is 1040. The predicted molar refractivity (Wildman–Crippen MR) is 103 cm³/mol. The van der Waals surface area contributed by atoms with Crippen LogP contribution in [-0.2, 0) is 14.8 Å². The largest absolute Gasteiger partial charge is 0.481 e. The number of benzene rings is 2. The molecule has 1 aliphatic heterocycles. The average molecular weight is 442 g/mol. The summed E-state index contributed by atoms with van der Waals surface area (Å²) in [6.45, 7) is 3.43. The van der Waals surface area contributed by atoms with E-state index >= 15 is 0 Å². The van der Waals surface area contributed by atoms with E-state index < -0.39 is 38.5 Å². The van der Waals surface area contributed by atoms with Gasteiger partial charge in [0.25, 0.3) is 5.91 Å². The van der Waals surface area contributed by atoms with Crippen molar-refractivity contribution in [1.82, 2.24) is 9.21 Å². The summed E-state index contributed by atoms with van der Waals surface area (Å²) in [6, 6.07) is 8.47. The molecule has 0 unspecified atom stereocenters. The first-order valence-corrected chi connectivity index (χ1v) is 10.7. The van der Waals surface area contributed by atoms with Gasteiger partial charge in [0.2, 0.25) is 10.0 Å². The van der Waals surface area contributed by atoms with E-state index in [9.17, 15) is 26.4 Å². The summed E-state index contributed by atoms with van der Waals surface area (Å²) in [4.78, 5) is 13.1. The smallest absolute Gasteiger partial charge is 0.263 e. The molecule has 1 aliphatic rings. The van der Waals surface area contributed by atoms with Crippen molar-refractivity contribution in [2.45, 2.75) is 24.8 Å². The molecule has 0 radical (unpaired) electrons. The van der Waals surface area contributed by atoms with E-state index in [1.54, 1.807) is 19.1 Å². The van der Waals surface area contributed by atoms with E-state index in [1.165, 1.54) is 4.90 Å². The number of amides is 1. The van der Waals surface area contributed by atoms with Crippen LogP contribution in [0.25, 0.3) is 0 Å². The molecular formula is C20H21F3N2O4S. The number of piperazine rings is 1. The second kappa shape index (κ2) is 8.65. The summed E-state index contributed by atoms with van der Waals surface area (Å²) in [5, 5.41) is 0. The maximum Gasteiger partial charge on any atom is 0.263 e. The number of carbonyl (C=O) groups is 1. The van der Waals surface area contributed by atoms with E-state index in [4.69, 9.17) is 4.74 Å². The standard InChI is InChI=1S/C20H21F3N2O4S/c1-13-3-5-15(6-4-13)29-14(2)20(26)24-9-11-25(12-10-24)30(27,28)17-8-7-16(21)18(22)19(17)23/h3-8,14H,9-12H2,1-2H3/t14-/m1/s1. The third kappa shape index (κ3) is 4.44. The molecule has 2 aromatic carbocycles. The molecule has 0 N–H and O–H groups in total. The van der Waals surface area contributed by atoms with E-state index in [1.807, 2.05) is 19.1 Å². The minimum atomic E-state index is -4.37. The Balaban J connectivity index is 1.64. The molecule has 0 bridgehead atoms. The minimum absolute atomic E-state index is 0.0605. The van der Waals surface area contributed by atoms with E-state index in [0.717, 1.165) is 9.87 Å². The summed E-state index contributed by atoms with van der Waals surface area (Å²) < 4.78 is 72.3. The van der Waals surface area contributed by atoms with Crippen molar-refractivity contribution in [2.75, 3.05) is 26.2 Å². The summed E-state index contributed by atoms with van der Waals surface area (Å²) in [6.07, 6.45) is -0.778. The molecule has 1 saturated heterocycles. The average Bonchev–Trinajstić information content (AvgIpc) is 2.73. The van der Waals surface area contributed by atoms with Crippen LogP contribution in [0.5, 0.6) is 5.75 Å². The van der Waals surface area contributed by atoms with Crippen LogP contribution in [0, 0.1) is 24.4 Å². The zero-order valence-corrected chi connectivity index (χ0v) is 17.3. The SMILES string of the molecule is Cc1ccc(O[C@H](C)C(=O)N2CCN(S(=O)(=O)c3ccc(F)c(F)c3F)CC2)cc1.